The summed E-state index contributed by atoms with van der Waals surface area (Å²) in [5, 5.41) is 24.8. The molecular weight excluding hydrogens is 424 g/mol. The number of aliphatic hydroxyl groups is 2. The van der Waals surface area contributed by atoms with Crippen LogP contribution < -0.4 is 10.1 Å². The number of aliphatic hydroxyl groups excluding tert-OH is 1. The molecule has 1 fully saturated rings. The lowest BCUT2D eigenvalue weighted by molar-refractivity contribution is -0.169. The SMILES string of the molecule is CC(C)C(=O)NCCC(=O)OC1=CC[C@@]2(O)[C@H]3Cc4ccc(CO)c5c4C2(CCN3C)C1O5. The van der Waals surface area contributed by atoms with E-state index in [9.17, 15) is 19.8 Å². The highest BCUT2D eigenvalue weighted by atomic mass is 16.6. The molecule has 1 saturated heterocycles. The maximum absolute atomic E-state index is 12.6. The summed E-state index contributed by atoms with van der Waals surface area (Å²) in [6.07, 6.45) is 2.92. The number of nitrogens with zero attached hydrogens (tertiary/aromatic N) is 1. The minimum absolute atomic E-state index is 0.0469. The Bertz CT molecular complexity index is 1040. The van der Waals surface area contributed by atoms with Crippen molar-refractivity contribution in [2.45, 2.75) is 69.3 Å². The average Bonchev–Trinajstić information content (AvgIpc) is 3.13. The fourth-order valence-electron chi connectivity index (χ4n) is 6.31. The highest BCUT2D eigenvalue weighted by Gasteiger charge is 2.71. The molecule has 0 radical (unpaired) electrons. The molecule has 0 saturated carbocycles. The van der Waals surface area contributed by atoms with Crippen molar-refractivity contribution in [3.05, 3.63) is 40.7 Å². The predicted octanol–water partition coefficient (Wildman–Crippen LogP) is 1.16. The van der Waals surface area contributed by atoms with Crippen molar-refractivity contribution in [2.24, 2.45) is 5.92 Å². The lowest BCUT2D eigenvalue weighted by Gasteiger charge is -2.61. The molecule has 2 heterocycles. The number of nitrogens with one attached hydrogen (secondary N) is 1. The Labute approximate surface area is 193 Å². The van der Waals surface area contributed by atoms with Crippen LogP contribution in [-0.4, -0.2) is 64.9 Å². The maximum Gasteiger partial charge on any atom is 0.312 e. The summed E-state index contributed by atoms with van der Waals surface area (Å²) in [5.41, 5.74) is 0.984. The van der Waals surface area contributed by atoms with Crippen molar-refractivity contribution in [1.29, 1.82) is 0 Å². The van der Waals surface area contributed by atoms with E-state index in [1.54, 1.807) is 19.9 Å². The van der Waals surface area contributed by atoms with Crippen LogP contribution in [0.3, 0.4) is 0 Å². The Morgan fingerprint density at radius 2 is 2.15 bits per heavy atom. The predicted molar refractivity (Wildman–Crippen MR) is 119 cm³/mol. The van der Waals surface area contributed by atoms with E-state index in [-0.39, 0.29) is 37.4 Å². The van der Waals surface area contributed by atoms with Gasteiger partial charge in [-0.1, -0.05) is 26.0 Å². The Morgan fingerprint density at radius 3 is 2.88 bits per heavy atom. The van der Waals surface area contributed by atoms with Crippen LogP contribution in [0.15, 0.2) is 24.0 Å². The Hall–Kier alpha value is -2.42. The number of esters is 1. The van der Waals surface area contributed by atoms with Crippen LogP contribution in [0.25, 0.3) is 0 Å². The van der Waals surface area contributed by atoms with Gasteiger partial charge in [-0.3, -0.25) is 9.59 Å². The lowest BCUT2D eigenvalue weighted by Crippen LogP contribution is -2.74. The summed E-state index contributed by atoms with van der Waals surface area (Å²) in [7, 11) is 2.04. The average molecular weight is 457 g/mol. The third-order valence-corrected chi connectivity index (χ3v) is 8.01. The number of likely N-dealkylation sites (N-methyl/N-ethyl adjacent to an activating group) is 1. The smallest absolute Gasteiger partial charge is 0.312 e. The third-order valence-electron chi connectivity index (χ3n) is 8.01. The number of carbonyl (C=O) groups excluding carboxylic acids is 2. The minimum Gasteiger partial charge on any atom is -0.481 e. The van der Waals surface area contributed by atoms with Gasteiger partial charge < -0.3 is 29.9 Å². The number of amides is 1. The van der Waals surface area contributed by atoms with Gasteiger partial charge in [0.1, 0.15) is 11.5 Å². The second-order valence-corrected chi connectivity index (χ2v) is 10.1. The first-order chi connectivity index (χ1) is 15.7. The van der Waals surface area contributed by atoms with Crippen molar-refractivity contribution in [3.63, 3.8) is 0 Å². The molecule has 2 bridgehead atoms. The largest absolute Gasteiger partial charge is 0.481 e. The number of piperidine rings is 1. The maximum atomic E-state index is 12.6. The molecule has 1 aromatic rings. The molecule has 8 heteroatoms. The molecule has 4 atom stereocenters. The Balaban J connectivity index is 1.47. The molecule has 8 nitrogen and oxygen atoms in total. The van der Waals surface area contributed by atoms with Crippen LogP contribution in [0.5, 0.6) is 5.75 Å². The molecule has 178 valence electrons. The zero-order chi connectivity index (χ0) is 23.5. The summed E-state index contributed by atoms with van der Waals surface area (Å²) in [6, 6.07) is 3.84. The van der Waals surface area contributed by atoms with Gasteiger partial charge >= 0.3 is 5.97 Å². The number of rotatable bonds is 6. The van der Waals surface area contributed by atoms with Crippen molar-refractivity contribution in [3.8, 4) is 5.75 Å². The summed E-state index contributed by atoms with van der Waals surface area (Å²) >= 11 is 0. The number of hydrogen-bond acceptors (Lipinski definition) is 7. The highest BCUT2D eigenvalue weighted by Crippen LogP contribution is 2.64. The van der Waals surface area contributed by atoms with Gasteiger partial charge in [-0.05, 0) is 38.1 Å². The van der Waals surface area contributed by atoms with Crippen LogP contribution in [0.2, 0.25) is 0 Å². The molecule has 3 N–H and O–H groups in total. The summed E-state index contributed by atoms with van der Waals surface area (Å²) < 4.78 is 12.2. The fourth-order valence-corrected chi connectivity index (χ4v) is 6.31. The van der Waals surface area contributed by atoms with Crippen molar-refractivity contribution >= 4 is 11.9 Å². The van der Waals surface area contributed by atoms with Crippen molar-refractivity contribution in [2.75, 3.05) is 20.1 Å². The summed E-state index contributed by atoms with van der Waals surface area (Å²) in [5.74, 6) is 0.324. The second kappa shape index (κ2) is 7.82. The van der Waals surface area contributed by atoms with E-state index in [1.807, 2.05) is 19.2 Å². The molecule has 4 aliphatic rings. The van der Waals surface area contributed by atoms with Gasteiger partial charge in [-0.25, -0.2) is 0 Å². The molecule has 1 spiro atoms. The molecule has 1 amide bonds. The van der Waals surface area contributed by atoms with Gasteiger partial charge in [-0.15, -0.1) is 0 Å². The molecule has 2 aliphatic carbocycles. The first kappa shape index (κ1) is 22.4. The normalized spacial score (nSPS) is 31.5. The first-order valence-electron chi connectivity index (χ1n) is 11.8. The minimum atomic E-state index is -1.06. The summed E-state index contributed by atoms with van der Waals surface area (Å²) in [4.78, 5) is 26.6. The molecule has 33 heavy (non-hydrogen) atoms. The monoisotopic (exact) mass is 456 g/mol. The standard InChI is InChI=1S/C25H32N2O6/c1-14(2)23(30)26-10-7-19(29)32-17-6-8-25(31)18-12-15-4-5-16(13-28)21-20(15)24(25,22(17)33-21)9-11-27(18)3/h4-6,14,18,22,28,31H,7-13H2,1-3H3,(H,26,30)/t18-,22?,24?,25-/m1/s1. The number of likely N-dealkylation sites (tertiary alicyclic amines) is 1. The van der Waals surface area contributed by atoms with E-state index in [2.05, 4.69) is 10.2 Å². The van der Waals surface area contributed by atoms with Gasteiger partial charge in [0.05, 0.1) is 24.0 Å². The first-order valence-corrected chi connectivity index (χ1v) is 11.8. The number of carbonyl (C=O) groups is 2. The van der Waals surface area contributed by atoms with Crippen LogP contribution in [0.4, 0.5) is 0 Å². The van der Waals surface area contributed by atoms with Gasteiger partial charge in [0.25, 0.3) is 0 Å². The van der Waals surface area contributed by atoms with Crippen LogP contribution in [-0.2, 0) is 32.8 Å². The molecule has 0 aromatic heterocycles. The molecule has 2 aliphatic heterocycles. The molecular formula is C25H32N2O6. The number of hydrogen-bond donors (Lipinski definition) is 3. The third kappa shape index (κ3) is 3.07. The van der Waals surface area contributed by atoms with Gasteiger partial charge in [0.2, 0.25) is 5.91 Å². The Morgan fingerprint density at radius 1 is 1.36 bits per heavy atom. The molecule has 2 unspecified atom stereocenters. The number of ether oxygens (including phenoxy) is 2. The molecule has 5 rings (SSSR count). The summed E-state index contributed by atoms with van der Waals surface area (Å²) in [6.45, 7) is 4.42. The quantitative estimate of drug-likeness (QED) is 0.552. The van der Waals surface area contributed by atoms with Crippen LogP contribution >= 0.6 is 0 Å². The Kier molecular flexibility index (Phi) is 5.30. The highest BCUT2D eigenvalue weighted by molar-refractivity contribution is 5.79. The lowest BCUT2D eigenvalue weighted by atomic mass is 9.50. The second-order valence-electron chi connectivity index (χ2n) is 10.1. The van der Waals surface area contributed by atoms with Gasteiger partial charge in [-0.2, -0.15) is 0 Å². The van der Waals surface area contributed by atoms with E-state index in [4.69, 9.17) is 9.47 Å². The molecule has 1 aromatic carbocycles. The van der Waals surface area contributed by atoms with E-state index in [0.717, 1.165) is 17.7 Å². The topological polar surface area (TPSA) is 108 Å². The zero-order valence-corrected chi connectivity index (χ0v) is 19.4. The van der Waals surface area contributed by atoms with Crippen molar-refractivity contribution < 1.29 is 29.3 Å². The fraction of sp³-hybridized carbons (Fsp3) is 0.600. The number of benzene rings is 1. The van der Waals surface area contributed by atoms with E-state index in [0.29, 0.717) is 36.3 Å². The van der Waals surface area contributed by atoms with Crippen LogP contribution in [0, 0.1) is 5.92 Å². The van der Waals surface area contributed by atoms with E-state index >= 15 is 0 Å². The van der Waals surface area contributed by atoms with Crippen LogP contribution in [0.1, 0.15) is 49.8 Å². The van der Waals surface area contributed by atoms with Crippen molar-refractivity contribution in [1.82, 2.24) is 10.2 Å². The zero-order valence-electron chi connectivity index (χ0n) is 19.4. The van der Waals surface area contributed by atoms with E-state index < -0.39 is 23.1 Å². The van der Waals surface area contributed by atoms with E-state index in [1.165, 1.54) is 0 Å². The van der Waals surface area contributed by atoms with Gasteiger partial charge in [0, 0.05) is 36.1 Å². The van der Waals surface area contributed by atoms with Gasteiger partial charge in [0.15, 0.2) is 6.10 Å².